The van der Waals surface area contributed by atoms with Crippen molar-refractivity contribution in [3.63, 3.8) is 0 Å². The highest BCUT2D eigenvalue weighted by Gasteiger charge is 2.08. The number of aromatic nitrogens is 2. The van der Waals surface area contributed by atoms with Crippen LogP contribution in [0.1, 0.15) is 20.3 Å². The fourth-order valence-electron chi connectivity index (χ4n) is 1.63. The molecule has 2 aromatic rings. The lowest BCUT2D eigenvalue weighted by Crippen LogP contribution is -2.15. The summed E-state index contributed by atoms with van der Waals surface area (Å²) in [5, 5.41) is 11.7. The minimum Gasteiger partial charge on any atom is -0.381 e. The molecule has 0 aliphatic rings. The van der Waals surface area contributed by atoms with Gasteiger partial charge in [-0.2, -0.15) is 5.10 Å². The predicted octanol–water partition coefficient (Wildman–Crippen LogP) is 3.14. The average Bonchev–Trinajstić information content (AvgIpc) is 3.04. The number of anilines is 1. The summed E-state index contributed by atoms with van der Waals surface area (Å²) in [4.78, 5) is 12.8. The Labute approximate surface area is 122 Å². The number of nitrogens with zero attached hydrogens (tertiary/aromatic N) is 1. The van der Waals surface area contributed by atoms with Crippen molar-refractivity contribution in [2.75, 3.05) is 18.5 Å². The van der Waals surface area contributed by atoms with E-state index in [1.807, 2.05) is 23.6 Å². The van der Waals surface area contributed by atoms with Crippen LogP contribution in [-0.4, -0.2) is 29.3 Å². The fraction of sp³-hybridized carbons (Fsp3) is 0.429. The van der Waals surface area contributed by atoms with Gasteiger partial charge in [0, 0.05) is 12.7 Å². The predicted molar refractivity (Wildman–Crippen MR) is 80.8 cm³/mol. The van der Waals surface area contributed by atoms with Gasteiger partial charge in [0.1, 0.15) is 0 Å². The third kappa shape index (κ3) is 4.47. The van der Waals surface area contributed by atoms with Gasteiger partial charge in [-0.1, -0.05) is 19.9 Å². The first-order valence-electron chi connectivity index (χ1n) is 6.62. The van der Waals surface area contributed by atoms with E-state index >= 15 is 0 Å². The number of hydrogen-bond acceptors (Lipinski definition) is 4. The molecular formula is C14H19N3O2S. The largest absolute Gasteiger partial charge is 0.381 e. The standard InChI is InChI=1S/C14H19N3O2S/c1-10(2)9-19-6-5-14(18)15-13-8-11(16-17-13)12-4-3-7-20-12/h3-4,7-8,10H,5-6,9H2,1-2H3,(H2,15,16,17,18). The monoisotopic (exact) mass is 293 g/mol. The van der Waals surface area contributed by atoms with Crippen LogP contribution >= 0.6 is 11.3 Å². The molecule has 0 saturated carbocycles. The third-order valence-electron chi connectivity index (χ3n) is 2.56. The second-order valence-electron chi connectivity index (χ2n) is 4.91. The number of thiophene rings is 1. The van der Waals surface area contributed by atoms with Crippen molar-refractivity contribution in [1.82, 2.24) is 10.2 Å². The lowest BCUT2D eigenvalue weighted by atomic mass is 10.2. The maximum atomic E-state index is 11.7. The summed E-state index contributed by atoms with van der Waals surface area (Å²) in [6.45, 7) is 5.27. The van der Waals surface area contributed by atoms with Crippen LogP contribution in [0.4, 0.5) is 5.82 Å². The molecule has 5 nitrogen and oxygen atoms in total. The van der Waals surface area contributed by atoms with Crippen LogP contribution in [0.5, 0.6) is 0 Å². The Hall–Kier alpha value is -1.66. The van der Waals surface area contributed by atoms with E-state index in [-0.39, 0.29) is 5.91 Å². The number of aromatic amines is 1. The molecule has 6 heteroatoms. The van der Waals surface area contributed by atoms with Crippen LogP contribution in [0.3, 0.4) is 0 Å². The summed E-state index contributed by atoms with van der Waals surface area (Å²) in [5.41, 5.74) is 0.909. The smallest absolute Gasteiger partial charge is 0.227 e. The number of H-pyrrole nitrogens is 1. The molecule has 0 spiro atoms. The first kappa shape index (κ1) is 14.7. The topological polar surface area (TPSA) is 67.0 Å². The molecule has 0 radical (unpaired) electrons. The molecule has 108 valence electrons. The Morgan fingerprint density at radius 1 is 1.55 bits per heavy atom. The van der Waals surface area contributed by atoms with Crippen LogP contribution in [0.25, 0.3) is 10.6 Å². The maximum absolute atomic E-state index is 11.7. The fourth-order valence-corrected chi connectivity index (χ4v) is 2.33. The van der Waals surface area contributed by atoms with Crippen LogP contribution in [-0.2, 0) is 9.53 Å². The lowest BCUT2D eigenvalue weighted by Gasteiger charge is -2.06. The molecule has 0 aromatic carbocycles. The van der Waals surface area contributed by atoms with Crippen molar-refractivity contribution < 1.29 is 9.53 Å². The van der Waals surface area contributed by atoms with Crippen LogP contribution in [0.15, 0.2) is 23.6 Å². The highest BCUT2D eigenvalue weighted by atomic mass is 32.1. The van der Waals surface area contributed by atoms with E-state index in [1.54, 1.807) is 11.3 Å². The molecule has 0 fully saturated rings. The molecule has 2 N–H and O–H groups in total. The Bertz CT molecular complexity index is 534. The molecule has 20 heavy (non-hydrogen) atoms. The lowest BCUT2D eigenvalue weighted by molar-refractivity contribution is -0.117. The minimum atomic E-state index is -0.0852. The average molecular weight is 293 g/mol. The van der Waals surface area contributed by atoms with E-state index in [9.17, 15) is 4.79 Å². The second-order valence-corrected chi connectivity index (χ2v) is 5.86. The van der Waals surface area contributed by atoms with Gasteiger partial charge in [-0.3, -0.25) is 9.89 Å². The Kier molecular flexibility index (Phi) is 5.31. The molecule has 0 aliphatic heterocycles. The van der Waals surface area contributed by atoms with Crippen LogP contribution in [0, 0.1) is 5.92 Å². The van der Waals surface area contributed by atoms with Crippen LogP contribution in [0.2, 0.25) is 0 Å². The van der Waals surface area contributed by atoms with Crippen molar-refractivity contribution in [3.05, 3.63) is 23.6 Å². The number of rotatable bonds is 7. The van der Waals surface area contributed by atoms with E-state index in [4.69, 9.17) is 4.74 Å². The quantitative estimate of drug-likeness (QED) is 0.771. The molecular weight excluding hydrogens is 274 g/mol. The Morgan fingerprint density at radius 3 is 3.10 bits per heavy atom. The molecule has 2 rings (SSSR count). The van der Waals surface area contributed by atoms with Gasteiger partial charge in [-0.05, 0) is 17.4 Å². The van der Waals surface area contributed by atoms with E-state index < -0.39 is 0 Å². The van der Waals surface area contributed by atoms with Crippen molar-refractivity contribution in [3.8, 4) is 10.6 Å². The van der Waals surface area contributed by atoms with Gasteiger partial charge in [0.25, 0.3) is 0 Å². The molecule has 0 bridgehead atoms. The van der Waals surface area contributed by atoms with Crippen molar-refractivity contribution in [1.29, 1.82) is 0 Å². The maximum Gasteiger partial charge on any atom is 0.227 e. The molecule has 2 heterocycles. The van der Waals surface area contributed by atoms with E-state index in [0.717, 1.165) is 10.6 Å². The number of hydrogen-bond donors (Lipinski definition) is 2. The Balaban J connectivity index is 1.77. The first-order chi connectivity index (χ1) is 9.65. The number of carbonyl (C=O) groups is 1. The zero-order chi connectivity index (χ0) is 14.4. The van der Waals surface area contributed by atoms with E-state index in [1.165, 1.54) is 0 Å². The number of ether oxygens (including phenoxy) is 1. The first-order valence-corrected chi connectivity index (χ1v) is 7.50. The summed E-state index contributed by atoms with van der Waals surface area (Å²) in [6.07, 6.45) is 0.341. The summed E-state index contributed by atoms with van der Waals surface area (Å²) >= 11 is 1.62. The van der Waals surface area contributed by atoms with E-state index in [0.29, 0.717) is 31.4 Å². The molecule has 0 atom stereocenters. The van der Waals surface area contributed by atoms with Gasteiger partial charge in [-0.15, -0.1) is 11.3 Å². The number of nitrogens with one attached hydrogen (secondary N) is 2. The molecule has 0 saturated heterocycles. The minimum absolute atomic E-state index is 0.0852. The zero-order valence-corrected chi connectivity index (χ0v) is 12.5. The summed E-state index contributed by atoms with van der Waals surface area (Å²) in [7, 11) is 0. The van der Waals surface area contributed by atoms with Crippen molar-refractivity contribution >= 4 is 23.1 Å². The Morgan fingerprint density at radius 2 is 2.40 bits per heavy atom. The summed E-state index contributed by atoms with van der Waals surface area (Å²) < 4.78 is 5.38. The highest BCUT2D eigenvalue weighted by Crippen LogP contribution is 2.24. The third-order valence-corrected chi connectivity index (χ3v) is 3.46. The van der Waals surface area contributed by atoms with Gasteiger partial charge < -0.3 is 10.1 Å². The van der Waals surface area contributed by atoms with Gasteiger partial charge in [0.05, 0.1) is 23.6 Å². The van der Waals surface area contributed by atoms with Gasteiger partial charge in [-0.25, -0.2) is 0 Å². The summed E-state index contributed by atoms with van der Waals surface area (Å²) in [6, 6.07) is 5.81. The molecule has 0 aliphatic carbocycles. The van der Waals surface area contributed by atoms with Crippen LogP contribution < -0.4 is 5.32 Å². The number of carbonyl (C=O) groups excluding carboxylic acids is 1. The van der Waals surface area contributed by atoms with Gasteiger partial charge in [0.15, 0.2) is 5.82 Å². The second kappa shape index (κ2) is 7.21. The van der Waals surface area contributed by atoms with Gasteiger partial charge >= 0.3 is 0 Å². The van der Waals surface area contributed by atoms with Gasteiger partial charge in [0.2, 0.25) is 5.91 Å². The zero-order valence-electron chi connectivity index (χ0n) is 11.7. The molecule has 0 unspecified atom stereocenters. The van der Waals surface area contributed by atoms with Crippen molar-refractivity contribution in [2.24, 2.45) is 5.92 Å². The highest BCUT2D eigenvalue weighted by molar-refractivity contribution is 7.13. The summed E-state index contributed by atoms with van der Waals surface area (Å²) in [5.74, 6) is 0.943. The molecule has 1 amide bonds. The van der Waals surface area contributed by atoms with Crippen molar-refractivity contribution in [2.45, 2.75) is 20.3 Å². The van der Waals surface area contributed by atoms with E-state index in [2.05, 4.69) is 29.4 Å². The molecule has 2 aromatic heterocycles. The number of amides is 1. The SMILES string of the molecule is CC(C)COCCC(=O)Nc1cc(-c2cccs2)[nH]n1. The normalized spacial score (nSPS) is 10.9.